The highest BCUT2D eigenvalue weighted by Crippen LogP contribution is 2.40. The van der Waals surface area contributed by atoms with Gasteiger partial charge in [-0.3, -0.25) is 4.79 Å². The third-order valence-corrected chi connectivity index (χ3v) is 5.40. The molecule has 25 heavy (non-hydrogen) atoms. The molecule has 1 aromatic carbocycles. The molecule has 3 rings (SSSR count). The van der Waals surface area contributed by atoms with Crippen molar-refractivity contribution in [2.24, 2.45) is 0 Å². The van der Waals surface area contributed by atoms with E-state index in [4.69, 9.17) is 9.47 Å². The van der Waals surface area contributed by atoms with Gasteiger partial charge in [0.15, 0.2) is 22.4 Å². The molecule has 0 aliphatic heterocycles. The third-order valence-electron chi connectivity index (χ3n) is 4.32. The summed E-state index contributed by atoms with van der Waals surface area (Å²) >= 11 is 1.45. The molecule has 7 heteroatoms. The zero-order valence-corrected chi connectivity index (χ0v) is 15.8. The van der Waals surface area contributed by atoms with E-state index in [1.165, 1.54) is 24.6 Å². The van der Waals surface area contributed by atoms with Gasteiger partial charge in [0.05, 0.1) is 19.5 Å². The molecule has 0 spiro atoms. The Bertz CT molecular complexity index is 771. The summed E-state index contributed by atoms with van der Waals surface area (Å²) in [7, 11) is 3.14. The molecule has 134 valence electrons. The third kappa shape index (κ3) is 3.66. The Balaban J connectivity index is 1.77. The van der Waals surface area contributed by atoms with Gasteiger partial charge in [-0.15, -0.1) is 10.2 Å². The first-order valence-corrected chi connectivity index (χ1v) is 9.33. The second-order valence-electron chi connectivity index (χ2n) is 6.05. The molecule has 1 atom stereocenters. The van der Waals surface area contributed by atoms with Crippen LogP contribution >= 0.6 is 11.8 Å². The van der Waals surface area contributed by atoms with Gasteiger partial charge in [-0.2, -0.15) is 0 Å². The van der Waals surface area contributed by atoms with Crippen LogP contribution in [0.1, 0.15) is 48.8 Å². The average molecular weight is 361 g/mol. The average Bonchev–Trinajstić information content (AvgIpc) is 3.41. The number of ketones is 1. The largest absolute Gasteiger partial charge is 0.493 e. The Labute approximate surface area is 151 Å². The van der Waals surface area contributed by atoms with Crippen LogP contribution in [0, 0.1) is 0 Å². The fourth-order valence-electron chi connectivity index (χ4n) is 2.76. The van der Waals surface area contributed by atoms with Gasteiger partial charge in [0.2, 0.25) is 0 Å². The molecule has 0 amide bonds. The molecule has 1 heterocycles. The van der Waals surface area contributed by atoms with E-state index in [0.29, 0.717) is 23.0 Å². The molecule has 1 aliphatic rings. The molecule has 0 unspecified atom stereocenters. The van der Waals surface area contributed by atoms with Crippen molar-refractivity contribution in [2.75, 3.05) is 14.2 Å². The van der Waals surface area contributed by atoms with Gasteiger partial charge in [-0.1, -0.05) is 11.8 Å². The topological polar surface area (TPSA) is 66.2 Å². The first kappa shape index (κ1) is 17.8. The summed E-state index contributed by atoms with van der Waals surface area (Å²) in [6.07, 6.45) is 2.37. The number of methoxy groups -OCH3 is 2. The van der Waals surface area contributed by atoms with E-state index in [9.17, 15) is 4.79 Å². The fourth-order valence-corrected chi connectivity index (χ4v) is 3.76. The minimum Gasteiger partial charge on any atom is -0.493 e. The lowest BCUT2D eigenvalue weighted by Crippen LogP contribution is -2.15. The molecule has 2 aromatic rings. The van der Waals surface area contributed by atoms with Crippen LogP contribution in [0.4, 0.5) is 0 Å². The molecule has 0 radical (unpaired) electrons. The number of nitrogens with zero attached hydrogens (tertiary/aromatic N) is 3. The van der Waals surface area contributed by atoms with Crippen LogP contribution in [0.15, 0.2) is 23.4 Å². The summed E-state index contributed by atoms with van der Waals surface area (Å²) in [5, 5.41) is 9.18. The SMILES string of the molecule is CCn1c(S[C@H](C)C(=O)c2ccc(OC)c(OC)c2)nnc1C1CC1. The number of hydrogen-bond acceptors (Lipinski definition) is 6. The van der Waals surface area contributed by atoms with Crippen LogP contribution in [0.2, 0.25) is 0 Å². The molecule has 1 aromatic heterocycles. The summed E-state index contributed by atoms with van der Waals surface area (Å²) in [6, 6.07) is 5.24. The highest BCUT2D eigenvalue weighted by Gasteiger charge is 2.31. The van der Waals surface area contributed by atoms with Gasteiger partial charge in [0, 0.05) is 18.0 Å². The first-order valence-electron chi connectivity index (χ1n) is 8.45. The maximum atomic E-state index is 12.8. The maximum Gasteiger partial charge on any atom is 0.191 e. The second-order valence-corrected chi connectivity index (χ2v) is 7.36. The van der Waals surface area contributed by atoms with Crippen LogP contribution in [0.25, 0.3) is 0 Å². The van der Waals surface area contributed by atoms with Crippen molar-refractivity contribution in [3.05, 3.63) is 29.6 Å². The van der Waals surface area contributed by atoms with E-state index in [1.54, 1.807) is 32.4 Å². The van der Waals surface area contributed by atoms with Gasteiger partial charge in [0.1, 0.15) is 5.82 Å². The number of thioether (sulfide) groups is 1. The number of hydrogen-bond donors (Lipinski definition) is 0. The Morgan fingerprint density at radius 3 is 2.60 bits per heavy atom. The van der Waals surface area contributed by atoms with Crippen LogP contribution in [0.5, 0.6) is 11.5 Å². The van der Waals surface area contributed by atoms with Crippen LogP contribution in [0.3, 0.4) is 0 Å². The lowest BCUT2D eigenvalue weighted by molar-refractivity contribution is 0.0993. The summed E-state index contributed by atoms with van der Waals surface area (Å²) in [4.78, 5) is 12.8. The Morgan fingerprint density at radius 1 is 1.28 bits per heavy atom. The van der Waals surface area contributed by atoms with E-state index in [1.807, 2.05) is 6.92 Å². The summed E-state index contributed by atoms with van der Waals surface area (Å²) < 4.78 is 12.6. The van der Waals surface area contributed by atoms with E-state index >= 15 is 0 Å². The maximum absolute atomic E-state index is 12.8. The van der Waals surface area contributed by atoms with Crippen LogP contribution < -0.4 is 9.47 Å². The molecule has 0 N–H and O–H groups in total. The van der Waals surface area contributed by atoms with Gasteiger partial charge in [-0.25, -0.2) is 0 Å². The molecule has 1 fully saturated rings. The normalized spacial score (nSPS) is 15.0. The van der Waals surface area contributed by atoms with E-state index < -0.39 is 0 Å². The lowest BCUT2D eigenvalue weighted by atomic mass is 10.1. The number of ether oxygens (including phenoxy) is 2. The summed E-state index contributed by atoms with van der Waals surface area (Å²) in [5.74, 6) is 2.79. The van der Waals surface area contributed by atoms with E-state index in [2.05, 4.69) is 21.7 Å². The van der Waals surface area contributed by atoms with Crippen molar-refractivity contribution in [1.82, 2.24) is 14.8 Å². The predicted octanol–water partition coefficient (Wildman–Crippen LogP) is 3.56. The van der Waals surface area contributed by atoms with Crippen LogP contribution in [-0.2, 0) is 6.54 Å². The number of benzene rings is 1. The van der Waals surface area contributed by atoms with E-state index in [-0.39, 0.29) is 11.0 Å². The van der Waals surface area contributed by atoms with Gasteiger partial charge < -0.3 is 14.0 Å². The number of Topliss-reactive ketones (excluding diaryl/α,β-unsaturated/α-hetero) is 1. The van der Waals surface area contributed by atoms with Crippen LogP contribution in [-0.4, -0.2) is 40.0 Å². The molecule has 0 saturated heterocycles. The first-order chi connectivity index (χ1) is 12.1. The highest BCUT2D eigenvalue weighted by molar-refractivity contribution is 8.00. The quantitative estimate of drug-likeness (QED) is 0.529. The zero-order chi connectivity index (χ0) is 18.0. The monoisotopic (exact) mass is 361 g/mol. The Hall–Kier alpha value is -2.02. The minimum absolute atomic E-state index is 0.0320. The smallest absolute Gasteiger partial charge is 0.191 e. The Kier molecular flexibility index (Phi) is 5.32. The molecule has 1 aliphatic carbocycles. The zero-order valence-electron chi connectivity index (χ0n) is 15.0. The fraction of sp³-hybridized carbons (Fsp3) is 0.500. The van der Waals surface area contributed by atoms with Gasteiger partial charge in [-0.05, 0) is 44.9 Å². The number of aromatic nitrogens is 3. The molecule has 1 saturated carbocycles. The highest BCUT2D eigenvalue weighted by atomic mass is 32.2. The summed E-state index contributed by atoms with van der Waals surface area (Å²) in [5.41, 5.74) is 0.600. The second kappa shape index (κ2) is 7.47. The summed E-state index contributed by atoms with van der Waals surface area (Å²) in [6.45, 7) is 4.80. The van der Waals surface area contributed by atoms with Crippen molar-refractivity contribution in [3.63, 3.8) is 0 Å². The van der Waals surface area contributed by atoms with Gasteiger partial charge >= 0.3 is 0 Å². The minimum atomic E-state index is -0.264. The number of rotatable bonds is 8. The van der Waals surface area contributed by atoms with Crippen molar-refractivity contribution < 1.29 is 14.3 Å². The molecule has 6 nitrogen and oxygen atoms in total. The van der Waals surface area contributed by atoms with Crippen molar-refractivity contribution in [2.45, 2.75) is 49.6 Å². The number of carbonyl (C=O) groups excluding carboxylic acids is 1. The standard InChI is InChI=1S/C18H23N3O3S/c1-5-21-17(12-6-7-12)19-20-18(21)25-11(2)16(22)13-8-9-14(23-3)15(10-13)24-4/h8-12H,5-7H2,1-4H3/t11-/m1/s1. The molecular weight excluding hydrogens is 338 g/mol. The van der Waals surface area contributed by atoms with Crippen molar-refractivity contribution >= 4 is 17.5 Å². The molecular formula is C18H23N3O3S. The lowest BCUT2D eigenvalue weighted by Gasteiger charge is -2.13. The predicted molar refractivity (Wildman–Crippen MR) is 96.9 cm³/mol. The Morgan fingerprint density at radius 2 is 2.00 bits per heavy atom. The van der Waals surface area contributed by atoms with Crippen molar-refractivity contribution in [3.8, 4) is 11.5 Å². The molecule has 0 bridgehead atoms. The van der Waals surface area contributed by atoms with E-state index in [0.717, 1.165) is 17.5 Å². The van der Waals surface area contributed by atoms with Gasteiger partial charge in [0.25, 0.3) is 0 Å². The van der Waals surface area contributed by atoms with Crippen molar-refractivity contribution in [1.29, 1.82) is 0 Å². The number of carbonyl (C=O) groups is 1.